The molecule has 1 aromatic heterocycles. The summed E-state index contributed by atoms with van der Waals surface area (Å²) in [5.41, 5.74) is 7.43. The Bertz CT molecular complexity index is 883. The van der Waals surface area contributed by atoms with Crippen LogP contribution in [0, 0.1) is 0 Å². The summed E-state index contributed by atoms with van der Waals surface area (Å²) in [4.78, 5) is 20.3. The van der Waals surface area contributed by atoms with Crippen molar-refractivity contribution in [3.05, 3.63) is 42.2 Å². The second kappa shape index (κ2) is 10.7. The molecule has 0 bridgehead atoms. The Morgan fingerprint density at radius 2 is 1.71 bits per heavy atom. The predicted octanol–water partition coefficient (Wildman–Crippen LogP) is 2.87. The van der Waals surface area contributed by atoms with Crippen LogP contribution in [0.25, 0.3) is 5.69 Å². The van der Waals surface area contributed by atoms with Crippen LogP contribution < -0.4 is 10.5 Å². The molecule has 170 valence electrons. The van der Waals surface area contributed by atoms with E-state index in [0.717, 1.165) is 17.1 Å². The highest BCUT2D eigenvalue weighted by atomic mass is 127. The second-order valence-electron chi connectivity index (χ2n) is 8.08. The number of benzene rings is 1. The zero-order chi connectivity index (χ0) is 21.7. The van der Waals surface area contributed by atoms with Crippen molar-refractivity contribution in [2.75, 3.05) is 33.3 Å². The average Bonchev–Trinajstić information content (AvgIpc) is 3.20. The zero-order valence-electron chi connectivity index (χ0n) is 18.4. The van der Waals surface area contributed by atoms with E-state index in [1.807, 2.05) is 62.2 Å². The van der Waals surface area contributed by atoms with Gasteiger partial charge in [0.05, 0.1) is 25.0 Å². The van der Waals surface area contributed by atoms with E-state index in [4.69, 9.17) is 15.2 Å². The number of piperazine rings is 1. The van der Waals surface area contributed by atoms with Gasteiger partial charge in [0, 0.05) is 32.4 Å². The highest BCUT2D eigenvalue weighted by molar-refractivity contribution is 14.0. The van der Waals surface area contributed by atoms with Gasteiger partial charge < -0.3 is 25.0 Å². The van der Waals surface area contributed by atoms with E-state index in [0.29, 0.717) is 38.7 Å². The Morgan fingerprint density at radius 1 is 1.10 bits per heavy atom. The summed E-state index contributed by atoms with van der Waals surface area (Å²) in [6.07, 6.45) is 1.60. The summed E-state index contributed by atoms with van der Waals surface area (Å²) < 4.78 is 12.4. The lowest BCUT2D eigenvalue weighted by atomic mass is 10.2. The minimum absolute atomic E-state index is 0. The fourth-order valence-electron chi connectivity index (χ4n) is 3.03. The molecule has 2 N–H and O–H groups in total. The molecule has 1 fully saturated rings. The summed E-state index contributed by atoms with van der Waals surface area (Å²) in [6, 6.07) is 9.59. The van der Waals surface area contributed by atoms with Crippen molar-refractivity contribution in [2.24, 2.45) is 10.7 Å². The normalized spacial score (nSPS) is 14.8. The fraction of sp³-hybridized carbons (Fsp3) is 0.476. The topological polar surface area (TPSA) is 98.2 Å². The van der Waals surface area contributed by atoms with Crippen LogP contribution in [0.3, 0.4) is 0 Å². The summed E-state index contributed by atoms with van der Waals surface area (Å²) in [5, 5.41) is 4.55. The lowest BCUT2D eigenvalue weighted by molar-refractivity contribution is 0.0186. The summed E-state index contributed by atoms with van der Waals surface area (Å²) in [5.74, 6) is 1.26. The van der Waals surface area contributed by atoms with Gasteiger partial charge >= 0.3 is 6.09 Å². The lowest BCUT2D eigenvalue weighted by Crippen LogP contribution is -2.53. The number of amides is 1. The number of hydrogen-bond donors (Lipinski definition) is 1. The molecule has 3 rings (SSSR count). The largest absolute Gasteiger partial charge is 0.497 e. The maximum absolute atomic E-state index is 12.2. The third-order valence-electron chi connectivity index (χ3n) is 4.64. The number of methoxy groups -OCH3 is 1. The van der Waals surface area contributed by atoms with E-state index in [-0.39, 0.29) is 30.1 Å². The molecule has 9 nitrogen and oxygen atoms in total. The molecule has 1 aliphatic rings. The molecule has 1 aromatic carbocycles. The highest BCUT2D eigenvalue weighted by Gasteiger charge is 2.26. The molecule has 1 saturated heterocycles. The lowest BCUT2D eigenvalue weighted by Gasteiger charge is -2.36. The van der Waals surface area contributed by atoms with Gasteiger partial charge in [-0.3, -0.25) is 0 Å². The van der Waals surface area contributed by atoms with E-state index in [9.17, 15) is 4.79 Å². The summed E-state index contributed by atoms with van der Waals surface area (Å²) in [6.45, 7) is 8.32. The smallest absolute Gasteiger partial charge is 0.410 e. The molecule has 0 atom stereocenters. The Labute approximate surface area is 200 Å². The van der Waals surface area contributed by atoms with Crippen LogP contribution >= 0.6 is 24.0 Å². The molecule has 2 heterocycles. The molecule has 0 saturated carbocycles. The highest BCUT2D eigenvalue weighted by Crippen LogP contribution is 2.15. The van der Waals surface area contributed by atoms with E-state index in [2.05, 4.69) is 10.1 Å². The number of carbonyl (C=O) groups is 1. The number of nitrogens with two attached hydrogens (primary N) is 1. The number of aromatic nitrogens is 2. The number of halogens is 1. The van der Waals surface area contributed by atoms with Crippen molar-refractivity contribution in [1.82, 2.24) is 19.6 Å². The average molecular weight is 542 g/mol. The van der Waals surface area contributed by atoms with Crippen LogP contribution in [0.4, 0.5) is 4.79 Å². The van der Waals surface area contributed by atoms with Gasteiger partial charge in [-0.25, -0.2) is 14.5 Å². The molecule has 2 aromatic rings. The minimum Gasteiger partial charge on any atom is -0.497 e. The van der Waals surface area contributed by atoms with E-state index < -0.39 is 5.60 Å². The first-order valence-corrected chi connectivity index (χ1v) is 9.97. The first-order valence-electron chi connectivity index (χ1n) is 9.97. The molecule has 1 aliphatic heterocycles. The maximum Gasteiger partial charge on any atom is 0.410 e. The van der Waals surface area contributed by atoms with Gasteiger partial charge in [0.1, 0.15) is 11.4 Å². The van der Waals surface area contributed by atoms with Gasteiger partial charge in [-0.2, -0.15) is 5.10 Å². The standard InChI is InChI=1S/C21H30N6O3.HI/c1-21(2,3)30-20(28)26-13-11-25(12-14-26)19(22)23-15-16-9-10-27(24-16)17-5-7-18(29-4)8-6-17;/h5-10H,11-15H2,1-4H3,(H2,22,23);1H. The van der Waals surface area contributed by atoms with Crippen molar-refractivity contribution in [3.8, 4) is 11.4 Å². The van der Waals surface area contributed by atoms with Gasteiger partial charge in [0.2, 0.25) is 0 Å². The number of aliphatic imine (C=N–C) groups is 1. The monoisotopic (exact) mass is 542 g/mol. The van der Waals surface area contributed by atoms with Crippen LogP contribution in [-0.4, -0.2) is 70.5 Å². The van der Waals surface area contributed by atoms with Crippen LogP contribution in [0.15, 0.2) is 41.5 Å². The molecule has 0 radical (unpaired) electrons. The molecule has 1 amide bonds. The third-order valence-corrected chi connectivity index (χ3v) is 4.64. The molecular formula is C21H31IN6O3. The van der Waals surface area contributed by atoms with Gasteiger partial charge in [-0.05, 0) is 51.1 Å². The molecular weight excluding hydrogens is 511 g/mol. The van der Waals surface area contributed by atoms with Crippen LogP contribution in [0.5, 0.6) is 5.75 Å². The van der Waals surface area contributed by atoms with Crippen LogP contribution in [0.2, 0.25) is 0 Å². The first kappa shape index (κ1) is 24.8. The quantitative estimate of drug-likeness (QED) is 0.363. The van der Waals surface area contributed by atoms with E-state index in [1.165, 1.54) is 0 Å². The number of carbonyl (C=O) groups excluding carboxylic acids is 1. The number of rotatable bonds is 4. The van der Waals surface area contributed by atoms with Crippen LogP contribution in [-0.2, 0) is 11.3 Å². The summed E-state index contributed by atoms with van der Waals surface area (Å²) in [7, 11) is 1.64. The van der Waals surface area contributed by atoms with Gasteiger partial charge in [0.25, 0.3) is 0 Å². The predicted molar refractivity (Wildman–Crippen MR) is 130 cm³/mol. The van der Waals surface area contributed by atoms with E-state index >= 15 is 0 Å². The fourth-order valence-corrected chi connectivity index (χ4v) is 3.03. The molecule has 0 unspecified atom stereocenters. The Hall–Kier alpha value is -2.50. The van der Waals surface area contributed by atoms with Crippen molar-refractivity contribution in [1.29, 1.82) is 0 Å². The second-order valence-corrected chi connectivity index (χ2v) is 8.08. The Kier molecular flexibility index (Phi) is 8.54. The van der Waals surface area contributed by atoms with Crippen molar-refractivity contribution in [3.63, 3.8) is 0 Å². The van der Waals surface area contributed by atoms with Crippen LogP contribution in [0.1, 0.15) is 26.5 Å². The van der Waals surface area contributed by atoms with Gasteiger partial charge in [-0.1, -0.05) is 0 Å². The molecule has 31 heavy (non-hydrogen) atoms. The van der Waals surface area contributed by atoms with Crippen molar-refractivity contribution >= 4 is 36.0 Å². The van der Waals surface area contributed by atoms with E-state index in [1.54, 1.807) is 16.7 Å². The number of hydrogen-bond acceptors (Lipinski definition) is 5. The molecule has 10 heteroatoms. The van der Waals surface area contributed by atoms with Gasteiger partial charge in [0.15, 0.2) is 5.96 Å². The first-order chi connectivity index (χ1) is 14.2. The third kappa shape index (κ3) is 7.01. The van der Waals surface area contributed by atoms with Crippen molar-refractivity contribution in [2.45, 2.75) is 32.9 Å². The molecule has 0 spiro atoms. The Balaban J connectivity index is 0.00000341. The number of guanidine groups is 1. The number of ether oxygens (including phenoxy) is 2. The summed E-state index contributed by atoms with van der Waals surface area (Å²) >= 11 is 0. The number of nitrogens with zero attached hydrogens (tertiary/aromatic N) is 5. The molecule has 0 aliphatic carbocycles. The Morgan fingerprint density at radius 3 is 2.29 bits per heavy atom. The SMILES string of the molecule is COc1ccc(-n2ccc(CN=C(N)N3CCN(C(=O)OC(C)(C)C)CC3)n2)cc1.I. The van der Waals surface area contributed by atoms with Crippen molar-refractivity contribution < 1.29 is 14.3 Å². The van der Waals surface area contributed by atoms with Gasteiger partial charge in [-0.15, -0.1) is 24.0 Å². The minimum atomic E-state index is -0.496. The zero-order valence-corrected chi connectivity index (χ0v) is 20.8. The maximum atomic E-state index is 12.2.